The van der Waals surface area contributed by atoms with Gasteiger partial charge in [-0.25, -0.2) is 4.79 Å². The molecule has 3 N–H and O–H groups in total. The molecule has 0 spiro atoms. The van der Waals surface area contributed by atoms with E-state index < -0.39 is 18.4 Å². The van der Waals surface area contributed by atoms with Crippen molar-refractivity contribution in [3.05, 3.63) is 29.3 Å². The zero-order valence-corrected chi connectivity index (χ0v) is 21.6. The predicted octanol–water partition coefficient (Wildman–Crippen LogP) is 4.50. The Morgan fingerprint density at radius 3 is 2.67 bits per heavy atom. The second-order valence-corrected chi connectivity index (χ2v) is 11.0. The highest BCUT2D eigenvalue weighted by Gasteiger charge is 2.47. The molecule has 1 saturated heterocycles. The van der Waals surface area contributed by atoms with E-state index in [1.54, 1.807) is 0 Å². The highest BCUT2D eigenvalue weighted by Crippen LogP contribution is 2.50. The molecule has 2 aliphatic carbocycles. The standard InChI is InChI=1S/C29H44O7/c1-2-3-4-5-6-7-10-23-24-12-19-9-8-11-26(34-18-28(32)33)25(19)13-20(24)14-27(23)36-29-16-21(31)15-22(17-30)35-29/h8-9,11,20-24,27,29-31H,2-7,10,12-18H2,1H3,(H,32,33)/t20-,21?,22?,23+,24-,27?,29?/m1/s1. The second-order valence-electron chi connectivity index (χ2n) is 11.0. The number of carboxylic acids is 1. The number of aliphatic carboxylic acids is 1. The van der Waals surface area contributed by atoms with Gasteiger partial charge in [-0.3, -0.25) is 0 Å². The van der Waals surface area contributed by atoms with Crippen LogP contribution in [0, 0.1) is 17.8 Å². The van der Waals surface area contributed by atoms with Crippen LogP contribution in [0.3, 0.4) is 0 Å². The van der Waals surface area contributed by atoms with Crippen LogP contribution in [-0.4, -0.2) is 59.1 Å². The lowest BCUT2D eigenvalue weighted by Gasteiger charge is -2.36. The first-order valence-electron chi connectivity index (χ1n) is 14.0. The van der Waals surface area contributed by atoms with Gasteiger partial charge in [0.05, 0.1) is 24.9 Å². The quantitative estimate of drug-likeness (QED) is 0.340. The van der Waals surface area contributed by atoms with Crippen molar-refractivity contribution < 1.29 is 34.3 Å². The summed E-state index contributed by atoms with van der Waals surface area (Å²) >= 11 is 0. The molecule has 1 saturated carbocycles. The Kier molecular flexibility index (Phi) is 10.1. The number of rotatable bonds is 13. The Bertz CT molecular complexity index is 843. The fourth-order valence-corrected chi connectivity index (χ4v) is 6.72. The summed E-state index contributed by atoms with van der Waals surface area (Å²) in [4.78, 5) is 11.1. The maximum atomic E-state index is 11.1. The molecule has 4 rings (SSSR count). The fourth-order valence-electron chi connectivity index (χ4n) is 6.72. The molecule has 36 heavy (non-hydrogen) atoms. The second kappa shape index (κ2) is 13.2. The normalized spacial score (nSPS) is 31.6. The maximum Gasteiger partial charge on any atom is 0.341 e. The van der Waals surface area contributed by atoms with Crippen LogP contribution >= 0.6 is 0 Å². The molecule has 7 heteroatoms. The molecule has 1 heterocycles. The molecular formula is C29H44O7. The van der Waals surface area contributed by atoms with Crippen LogP contribution in [0.25, 0.3) is 0 Å². The summed E-state index contributed by atoms with van der Waals surface area (Å²) in [5, 5.41) is 28.9. The molecule has 0 bridgehead atoms. The van der Waals surface area contributed by atoms with E-state index >= 15 is 0 Å². The smallest absolute Gasteiger partial charge is 0.341 e. The van der Waals surface area contributed by atoms with Crippen molar-refractivity contribution >= 4 is 5.97 Å². The largest absolute Gasteiger partial charge is 0.482 e. The average Bonchev–Trinajstić information content (AvgIpc) is 3.18. The van der Waals surface area contributed by atoms with E-state index in [9.17, 15) is 15.0 Å². The summed E-state index contributed by atoms with van der Waals surface area (Å²) in [6.07, 6.45) is 11.0. The molecule has 7 atom stereocenters. The molecule has 2 fully saturated rings. The van der Waals surface area contributed by atoms with Crippen molar-refractivity contribution in [3.63, 3.8) is 0 Å². The average molecular weight is 505 g/mol. The Hall–Kier alpha value is -1.67. The van der Waals surface area contributed by atoms with Gasteiger partial charge in [-0.05, 0) is 60.6 Å². The van der Waals surface area contributed by atoms with Crippen LogP contribution in [0.5, 0.6) is 5.75 Å². The molecule has 3 aliphatic rings. The lowest BCUT2D eigenvalue weighted by Crippen LogP contribution is -2.41. The number of aliphatic hydroxyl groups excluding tert-OH is 2. The van der Waals surface area contributed by atoms with Gasteiger partial charge in [-0.2, -0.15) is 0 Å². The third-order valence-corrected chi connectivity index (χ3v) is 8.44. The van der Waals surface area contributed by atoms with Crippen molar-refractivity contribution in [3.8, 4) is 5.75 Å². The number of unbranched alkanes of at least 4 members (excludes halogenated alkanes) is 5. The van der Waals surface area contributed by atoms with E-state index in [4.69, 9.17) is 19.3 Å². The van der Waals surface area contributed by atoms with Gasteiger partial charge >= 0.3 is 5.97 Å². The van der Waals surface area contributed by atoms with Crippen molar-refractivity contribution in [1.82, 2.24) is 0 Å². The number of ether oxygens (including phenoxy) is 3. The monoisotopic (exact) mass is 504 g/mol. The van der Waals surface area contributed by atoms with Crippen molar-refractivity contribution in [2.45, 2.75) is 109 Å². The maximum absolute atomic E-state index is 11.1. The number of carbonyl (C=O) groups is 1. The topological polar surface area (TPSA) is 105 Å². The Labute approximate surface area is 215 Å². The summed E-state index contributed by atoms with van der Waals surface area (Å²) in [5.74, 6) is 1.10. The van der Waals surface area contributed by atoms with E-state index in [1.807, 2.05) is 12.1 Å². The lowest BCUT2D eigenvalue weighted by molar-refractivity contribution is -0.243. The molecule has 0 radical (unpaired) electrons. The van der Waals surface area contributed by atoms with Crippen molar-refractivity contribution in [2.24, 2.45) is 17.8 Å². The SMILES string of the molecule is CCCCCCCC[C@@H]1C(OC2CC(O)CC(CO)O2)C[C@H]2Cc3c(cccc3OCC(=O)O)C[C@H]21. The van der Waals surface area contributed by atoms with Gasteiger partial charge in [-0.15, -0.1) is 0 Å². The van der Waals surface area contributed by atoms with Gasteiger partial charge in [0.15, 0.2) is 12.9 Å². The zero-order valence-electron chi connectivity index (χ0n) is 21.6. The summed E-state index contributed by atoms with van der Waals surface area (Å²) in [6.45, 7) is 1.80. The molecule has 1 aliphatic heterocycles. The van der Waals surface area contributed by atoms with Gasteiger partial charge in [0.25, 0.3) is 0 Å². The summed E-state index contributed by atoms with van der Waals surface area (Å²) in [7, 11) is 0. The summed E-state index contributed by atoms with van der Waals surface area (Å²) in [5.41, 5.74) is 2.40. The van der Waals surface area contributed by atoms with Crippen LogP contribution in [0.4, 0.5) is 0 Å². The third-order valence-electron chi connectivity index (χ3n) is 8.44. The third kappa shape index (κ3) is 7.00. The minimum atomic E-state index is -0.967. The molecule has 1 aromatic rings. The first-order chi connectivity index (χ1) is 17.5. The highest BCUT2D eigenvalue weighted by atomic mass is 16.7. The number of carboxylic acid groups (broad SMARTS) is 1. The summed E-state index contributed by atoms with van der Waals surface area (Å²) < 4.78 is 18.2. The first kappa shape index (κ1) is 27.4. The van der Waals surface area contributed by atoms with E-state index in [0.29, 0.717) is 36.3 Å². The number of aliphatic hydroxyl groups is 2. The van der Waals surface area contributed by atoms with E-state index in [-0.39, 0.29) is 25.4 Å². The zero-order chi connectivity index (χ0) is 25.5. The van der Waals surface area contributed by atoms with Crippen LogP contribution in [0.2, 0.25) is 0 Å². The van der Waals surface area contributed by atoms with Crippen LogP contribution in [-0.2, 0) is 27.1 Å². The van der Waals surface area contributed by atoms with E-state index in [2.05, 4.69) is 13.0 Å². The molecule has 4 unspecified atom stereocenters. The summed E-state index contributed by atoms with van der Waals surface area (Å²) in [6, 6.07) is 6.00. The lowest BCUT2D eigenvalue weighted by atomic mass is 9.73. The van der Waals surface area contributed by atoms with E-state index in [0.717, 1.165) is 31.2 Å². The molecule has 0 amide bonds. The number of hydrogen-bond acceptors (Lipinski definition) is 6. The van der Waals surface area contributed by atoms with Gasteiger partial charge in [-0.1, -0.05) is 57.6 Å². The Morgan fingerprint density at radius 1 is 1.08 bits per heavy atom. The Morgan fingerprint density at radius 2 is 1.89 bits per heavy atom. The number of benzene rings is 1. The number of hydrogen-bond donors (Lipinski definition) is 3. The molecule has 7 nitrogen and oxygen atoms in total. The highest BCUT2D eigenvalue weighted by molar-refractivity contribution is 5.68. The van der Waals surface area contributed by atoms with Crippen molar-refractivity contribution in [2.75, 3.05) is 13.2 Å². The molecular weight excluding hydrogens is 460 g/mol. The molecule has 1 aromatic carbocycles. The van der Waals surface area contributed by atoms with Gasteiger partial charge < -0.3 is 29.5 Å². The fraction of sp³-hybridized carbons (Fsp3) is 0.759. The molecule has 202 valence electrons. The van der Waals surface area contributed by atoms with Crippen LogP contribution in [0.15, 0.2) is 18.2 Å². The van der Waals surface area contributed by atoms with E-state index in [1.165, 1.54) is 44.1 Å². The van der Waals surface area contributed by atoms with Crippen molar-refractivity contribution in [1.29, 1.82) is 0 Å². The Balaban J connectivity index is 1.46. The van der Waals surface area contributed by atoms with Crippen LogP contribution in [0.1, 0.15) is 82.3 Å². The number of fused-ring (bicyclic) bond motifs is 2. The first-order valence-corrected chi connectivity index (χ1v) is 14.0. The minimum absolute atomic E-state index is 0.0583. The molecule has 0 aromatic heterocycles. The van der Waals surface area contributed by atoms with Gasteiger partial charge in [0.2, 0.25) is 0 Å². The van der Waals surface area contributed by atoms with Gasteiger partial charge in [0.1, 0.15) is 5.75 Å². The minimum Gasteiger partial charge on any atom is -0.482 e. The van der Waals surface area contributed by atoms with Gasteiger partial charge in [0, 0.05) is 12.8 Å². The predicted molar refractivity (Wildman–Crippen MR) is 136 cm³/mol. The van der Waals surface area contributed by atoms with Crippen LogP contribution < -0.4 is 4.74 Å².